The summed E-state index contributed by atoms with van der Waals surface area (Å²) in [6.45, 7) is 6.68. The minimum absolute atomic E-state index is 0.115. The minimum atomic E-state index is -0.895. The fraction of sp³-hybridized carbons (Fsp3) is 0.533. The molecule has 0 aliphatic carbocycles. The lowest BCUT2D eigenvalue weighted by atomic mass is 10.1. The molecule has 5 nitrogen and oxygen atoms in total. The standard InChI is InChI=1S/C15H24N2O3S/c1-11-6-5-7-12(2)14(11)20-10-13(3)17-15(18)16-8-9-21(4)19/h5-7,13H,8-10H2,1-4H3,(H2,16,17,18). The van der Waals surface area contributed by atoms with Gasteiger partial charge in [-0.25, -0.2) is 4.79 Å². The van der Waals surface area contributed by atoms with Gasteiger partial charge in [0.05, 0.1) is 6.04 Å². The van der Waals surface area contributed by atoms with Gasteiger partial charge in [0.15, 0.2) is 0 Å². The number of carbonyl (C=O) groups is 1. The third-order valence-electron chi connectivity index (χ3n) is 2.94. The number of nitrogens with one attached hydrogen (secondary N) is 2. The van der Waals surface area contributed by atoms with Gasteiger partial charge in [0.25, 0.3) is 0 Å². The maximum absolute atomic E-state index is 11.6. The Hall–Kier alpha value is -1.56. The number of urea groups is 1. The largest absolute Gasteiger partial charge is 0.491 e. The van der Waals surface area contributed by atoms with Crippen LogP contribution in [0.5, 0.6) is 5.75 Å². The molecule has 0 radical (unpaired) electrons. The molecule has 0 heterocycles. The molecule has 0 bridgehead atoms. The fourth-order valence-corrected chi connectivity index (χ4v) is 2.25. The van der Waals surface area contributed by atoms with Gasteiger partial charge in [0.1, 0.15) is 12.4 Å². The van der Waals surface area contributed by atoms with Gasteiger partial charge in [-0.1, -0.05) is 18.2 Å². The summed E-state index contributed by atoms with van der Waals surface area (Å²) in [6.07, 6.45) is 1.61. The zero-order valence-corrected chi connectivity index (χ0v) is 13.9. The average Bonchev–Trinajstić information content (AvgIpc) is 2.37. The molecule has 0 saturated heterocycles. The monoisotopic (exact) mass is 312 g/mol. The second-order valence-electron chi connectivity index (χ2n) is 5.11. The molecule has 6 heteroatoms. The molecule has 1 aromatic carbocycles. The van der Waals surface area contributed by atoms with Crippen molar-refractivity contribution in [1.29, 1.82) is 0 Å². The van der Waals surface area contributed by atoms with E-state index in [9.17, 15) is 9.00 Å². The molecule has 2 amide bonds. The van der Waals surface area contributed by atoms with E-state index in [4.69, 9.17) is 4.74 Å². The third kappa shape index (κ3) is 6.62. The molecule has 0 fully saturated rings. The molecule has 1 aromatic rings. The first-order valence-electron chi connectivity index (χ1n) is 6.93. The van der Waals surface area contributed by atoms with Crippen molar-refractivity contribution in [2.24, 2.45) is 0 Å². The van der Waals surface area contributed by atoms with Gasteiger partial charge in [-0.05, 0) is 31.9 Å². The number of para-hydroxylation sites is 1. The van der Waals surface area contributed by atoms with E-state index >= 15 is 0 Å². The molecule has 2 unspecified atom stereocenters. The second-order valence-corrected chi connectivity index (χ2v) is 6.67. The first-order valence-corrected chi connectivity index (χ1v) is 8.66. The molecule has 2 atom stereocenters. The predicted octanol–water partition coefficient (Wildman–Crippen LogP) is 1.75. The number of carbonyl (C=O) groups excluding carboxylic acids is 1. The van der Waals surface area contributed by atoms with E-state index in [-0.39, 0.29) is 12.1 Å². The molecule has 0 aliphatic heterocycles. The van der Waals surface area contributed by atoms with Crippen molar-refractivity contribution in [3.8, 4) is 5.75 Å². The molecule has 0 aliphatic rings. The van der Waals surface area contributed by atoms with Gasteiger partial charge in [0, 0.05) is 29.4 Å². The topological polar surface area (TPSA) is 67.4 Å². The summed E-state index contributed by atoms with van der Waals surface area (Å²) in [7, 11) is -0.895. The Bertz CT molecular complexity index is 485. The fourth-order valence-electron chi connectivity index (χ4n) is 1.86. The van der Waals surface area contributed by atoms with Crippen molar-refractivity contribution < 1.29 is 13.7 Å². The lowest BCUT2D eigenvalue weighted by Crippen LogP contribution is -2.44. The Morgan fingerprint density at radius 1 is 1.33 bits per heavy atom. The Kier molecular flexibility index (Phi) is 7.22. The van der Waals surface area contributed by atoms with E-state index in [1.165, 1.54) is 0 Å². The van der Waals surface area contributed by atoms with E-state index in [2.05, 4.69) is 10.6 Å². The number of amides is 2. The highest BCUT2D eigenvalue weighted by Crippen LogP contribution is 2.22. The van der Waals surface area contributed by atoms with Gasteiger partial charge in [-0.15, -0.1) is 0 Å². The van der Waals surface area contributed by atoms with Gasteiger partial charge in [0.2, 0.25) is 0 Å². The molecule has 2 N–H and O–H groups in total. The molecule has 1 rings (SSSR count). The van der Waals surface area contributed by atoms with Crippen molar-refractivity contribution >= 4 is 16.8 Å². The van der Waals surface area contributed by atoms with Crippen LogP contribution in [0.15, 0.2) is 18.2 Å². The van der Waals surface area contributed by atoms with Crippen LogP contribution < -0.4 is 15.4 Å². The van der Waals surface area contributed by atoms with E-state index in [1.54, 1.807) is 6.26 Å². The highest BCUT2D eigenvalue weighted by Gasteiger charge is 2.09. The van der Waals surface area contributed by atoms with E-state index in [1.807, 2.05) is 39.0 Å². The average molecular weight is 312 g/mol. The number of ether oxygens (including phenoxy) is 1. The van der Waals surface area contributed by atoms with Crippen molar-refractivity contribution in [3.63, 3.8) is 0 Å². The first-order chi connectivity index (χ1) is 9.90. The Morgan fingerprint density at radius 2 is 1.95 bits per heavy atom. The summed E-state index contributed by atoms with van der Waals surface area (Å²) in [4.78, 5) is 11.6. The Morgan fingerprint density at radius 3 is 2.52 bits per heavy atom. The number of hydrogen-bond acceptors (Lipinski definition) is 3. The summed E-state index contributed by atoms with van der Waals surface area (Å²) in [5.74, 6) is 1.33. The normalized spacial score (nSPS) is 13.3. The molecular weight excluding hydrogens is 288 g/mol. The summed E-state index contributed by atoms with van der Waals surface area (Å²) in [6, 6.07) is 5.61. The van der Waals surface area contributed by atoms with E-state index in [0.717, 1.165) is 16.9 Å². The van der Waals surface area contributed by atoms with Crippen molar-refractivity contribution in [1.82, 2.24) is 10.6 Å². The lowest BCUT2D eigenvalue weighted by Gasteiger charge is -2.17. The van der Waals surface area contributed by atoms with Crippen LogP contribution in [0, 0.1) is 13.8 Å². The molecular formula is C15H24N2O3S. The van der Waals surface area contributed by atoms with Crippen molar-refractivity contribution in [2.75, 3.05) is 25.2 Å². The maximum atomic E-state index is 11.6. The zero-order chi connectivity index (χ0) is 15.8. The van der Waals surface area contributed by atoms with Crippen LogP contribution in [0.3, 0.4) is 0 Å². The molecule has 0 spiro atoms. The summed E-state index contributed by atoms with van der Waals surface area (Å²) in [5.41, 5.74) is 2.16. The molecule has 0 saturated carbocycles. The van der Waals surface area contributed by atoms with Crippen molar-refractivity contribution in [3.05, 3.63) is 29.3 Å². The lowest BCUT2D eigenvalue weighted by molar-refractivity contribution is 0.226. The van der Waals surface area contributed by atoms with E-state index in [0.29, 0.717) is 18.9 Å². The number of hydrogen-bond donors (Lipinski definition) is 2. The van der Waals surface area contributed by atoms with Crippen LogP contribution in [-0.4, -0.2) is 41.4 Å². The third-order valence-corrected chi connectivity index (χ3v) is 3.72. The van der Waals surface area contributed by atoms with Crippen molar-refractivity contribution in [2.45, 2.75) is 26.8 Å². The highest BCUT2D eigenvalue weighted by atomic mass is 32.2. The predicted molar refractivity (Wildman–Crippen MR) is 86.3 cm³/mol. The number of benzene rings is 1. The summed E-state index contributed by atoms with van der Waals surface area (Å²) < 4.78 is 16.7. The first kappa shape index (κ1) is 17.5. The smallest absolute Gasteiger partial charge is 0.315 e. The van der Waals surface area contributed by atoms with Crippen LogP contribution in [0.4, 0.5) is 4.79 Å². The Labute approximate surface area is 128 Å². The van der Waals surface area contributed by atoms with E-state index < -0.39 is 10.8 Å². The minimum Gasteiger partial charge on any atom is -0.491 e. The maximum Gasteiger partial charge on any atom is 0.315 e. The van der Waals surface area contributed by atoms with Crippen LogP contribution in [0.1, 0.15) is 18.1 Å². The van der Waals surface area contributed by atoms with Gasteiger partial charge < -0.3 is 15.4 Å². The van der Waals surface area contributed by atoms with Crippen LogP contribution in [-0.2, 0) is 10.8 Å². The highest BCUT2D eigenvalue weighted by molar-refractivity contribution is 7.84. The summed E-state index contributed by atoms with van der Waals surface area (Å²) >= 11 is 0. The quantitative estimate of drug-likeness (QED) is 0.806. The second kappa shape index (κ2) is 8.67. The number of rotatable bonds is 7. The molecule has 118 valence electrons. The van der Waals surface area contributed by atoms with Crippen LogP contribution >= 0.6 is 0 Å². The van der Waals surface area contributed by atoms with Gasteiger partial charge in [-0.2, -0.15) is 0 Å². The number of aryl methyl sites for hydroxylation is 2. The molecule has 21 heavy (non-hydrogen) atoms. The molecule has 0 aromatic heterocycles. The van der Waals surface area contributed by atoms with Crippen LogP contribution in [0.2, 0.25) is 0 Å². The Balaban J connectivity index is 2.35. The zero-order valence-electron chi connectivity index (χ0n) is 13.1. The SMILES string of the molecule is Cc1cccc(C)c1OCC(C)NC(=O)NCCS(C)=O. The van der Waals surface area contributed by atoms with Gasteiger partial charge in [-0.3, -0.25) is 4.21 Å². The van der Waals surface area contributed by atoms with Gasteiger partial charge >= 0.3 is 6.03 Å². The van der Waals surface area contributed by atoms with Crippen LogP contribution in [0.25, 0.3) is 0 Å². The summed E-state index contributed by atoms with van der Waals surface area (Å²) in [5, 5.41) is 5.46.